The molecule has 3 heterocycles. The van der Waals surface area contributed by atoms with E-state index in [2.05, 4.69) is 20.3 Å². The molecule has 1 aliphatic rings. The third-order valence-electron chi connectivity index (χ3n) is 4.38. The van der Waals surface area contributed by atoms with Crippen LogP contribution in [0.1, 0.15) is 27.7 Å². The van der Waals surface area contributed by atoms with Crippen LogP contribution in [0.15, 0.2) is 12.7 Å². The Hall–Kier alpha value is -3.65. The number of ether oxygens (including phenoxy) is 4. The highest BCUT2D eigenvalue weighted by atomic mass is 16.7. The minimum Gasteiger partial charge on any atom is -0.463 e. The predicted molar refractivity (Wildman–Crippen MR) is 102 cm³/mol. The van der Waals surface area contributed by atoms with Crippen LogP contribution in [0.25, 0.3) is 11.2 Å². The smallest absolute Gasteiger partial charge is 0.303 e. The Balaban J connectivity index is 2.11. The Bertz CT molecular complexity index is 1070. The number of esters is 3. The van der Waals surface area contributed by atoms with Crippen LogP contribution in [0.4, 0.5) is 5.82 Å². The standard InChI is InChI=1S/C18H21N5O9/c1-8(24)22-16-13-17(20-6-19-16)23(7-21-13)18(28)15(31-11(4)27)14(30-10(3)26)12(32-18)5-29-9(2)25/h6-7,12,14-15,28H,5H2,1-4H3,(H,19,20,22,24)/t12-,14-,15-,18+/m0/s1. The Morgan fingerprint density at radius 2 is 1.78 bits per heavy atom. The molecule has 172 valence electrons. The van der Waals surface area contributed by atoms with Crippen LogP contribution in [0.5, 0.6) is 0 Å². The molecule has 2 aromatic rings. The fourth-order valence-corrected chi connectivity index (χ4v) is 3.27. The molecule has 2 N–H and O–H groups in total. The van der Waals surface area contributed by atoms with E-state index in [4.69, 9.17) is 18.9 Å². The van der Waals surface area contributed by atoms with Gasteiger partial charge in [-0.3, -0.25) is 23.7 Å². The van der Waals surface area contributed by atoms with Crippen LogP contribution in [-0.4, -0.2) is 73.4 Å². The van der Waals surface area contributed by atoms with Gasteiger partial charge in [0.2, 0.25) is 12.0 Å². The van der Waals surface area contributed by atoms with Crippen LogP contribution in [0.2, 0.25) is 0 Å². The van der Waals surface area contributed by atoms with Gasteiger partial charge in [0.25, 0.3) is 5.91 Å². The molecule has 0 aliphatic carbocycles. The van der Waals surface area contributed by atoms with Crippen LogP contribution in [0.3, 0.4) is 0 Å². The third-order valence-corrected chi connectivity index (χ3v) is 4.38. The van der Waals surface area contributed by atoms with Gasteiger partial charge in [0.05, 0.1) is 0 Å². The van der Waals surface area contributed by atoms with E-state index in [1.54, 1.807) is 0 Å². The molecule has 1 fully saturated rings. The third kappa shape index (κ3) is 4.50. The first-order valence-corrected chi connectivity index (χ1v) is 9.37. The number of hydrogen-bond acceptors (Lipinski definition) is 12. The van der Waals surface area contributed by atoms with Crippen molar-refractivity contribution in [3.8, 4) is 0 Å². The molecule has 2 aromatic heterocycles. The Kier molecular flexibility index (Phi) is 6.36. The van der Waals surface area contributed by atoms with Gasteiger partial charge in [-0.1, -0.05) is 0 Å². The van der Waals surface area contributed by atoms with Gasteiger partial charge in [-0.15, -0.1) is 0 Å². The first-order valence-electron chi connectivity index (χ1n) is 9.37. The van der Waals surface area contributed by atoms with E-state index in [9.17, 15) is 24.3 Å². The highest BCUT2D eigenvalue weighted by molar-refractivity contribution is 5.95. The van der Waals surface area contributed by atoms with E-state index in [1.165, 1.54) is 6.92 Å². The van der Waals surface area contributed by atoms with Crippen molar-refractivity contribution in [2.45, 2.75) is 51.9 Å². The quantitative estimate of drug-likeness (QED) is 0.413. The lowest BCUT2D eigenvalue weighted by Gasteiger charge is -2.30. The molecule has 1 saturated heterocycles. The minimum absolute atomic E-state index is 0.0121. The molecule has 0 aromatic carbocycles. The number of hydrogen-bond donors (Lipinski definition) is 2. The number of nitrogens with zero attached hydrogens (tertiary/aromatic N) is 4. The van der Waals surface area contributed by atoms with Gasteiger partial charge < -0.3 is 29.4 Å². The Morgan fingerprint density at radius 3 is 2.38 bits per heavy atom. The average molecular weight is 451 g/mol. The summed E-state index contributed by atoms with van der Waals surface area (Å²) in [5, 5.41) is 14.0. The van der Waals surface area contributed by atoms with Crippen molar-refractivity contribution >= 4 is 40.8 Å². The van der Waals surface area contributed by atoms with E-state index in [1.807, 2.05) is 0 Å². The summed E-state index contributed by atoms with van der Waals surface area (Å²) < 4.78 is 22.2. The number of anilines is 1. The summed E-state index contributed by atoms with van der Waals surface area (Å²) in [5.41, 5.74) is 0.117. The van der Waals surface area contributed by atoms with Crippen molar-refractivity contribution < 1.29 is 43.2 Å². The maximum absolute atomic E-state index is 11.8. The molecule has 14 heteroatoms. The van der Waals surface area contributed by atoms with Crippen molar-refractivity contribution in [1.82, 2.24) is 19.5 Å². The molecule has 14 nitrogen and oxygen atoms in total. The summed E-state index contributed by atoms with van der Waals surface area (Å²) in [4.78, 5) is 58.3. The normalized spacial score (nSPS) is 24.7. The molecular weight excluding hydrogens is 430 g/mol. The van der Waals surface area contributed by atoms with E-state index >= 15 is 0 Å². The number of aliphatic hydroxyl groups is 1. The summed E-state index contributed by atoms with van der Waals surface area (Å²) >= 11 is 0. The topological polar surface area (TPSA) is 181 Å². The van der Waals surface area contributed by atoms with E-state index < -0.39 is 54.6 Å². The fraction of sp³-hybridized carbons (Fsp3) is 0.500. The molecule has 1 amide bonds. The largest absolute Gasteiger partial charge is 0.463 e. The molecule has 0 radical (unpaired) electrons. The lowest BCUT2D eigenvalue weighted by molar-refractivity contribution is -0.290. The number of amides is 1. The van der Waals surface area contributed by atoms with Crippen LogP contribution < -0.4 is 5.32 Å². The molecule has 0 bridgehead atoms. The van der Waals surface area contributed by atoms with Gasteiger partial charge in [-0.05, 0) is 0 Å². The first-order chi connectivity index (χ1) is 15.0. The highest BCUT2D eigenvalue weighted by Crippen LogP contribution is 2.39. The summed E-state index contributed by atoms with van der Waals surface area (Å²) in [5.74, 6) is -5.01. The van der Waals surface area contributed by atoms with Crippen LogP contribution >= 0.6 is 0 Å². The van der Waals surface area contributed by atoms with Gasteiger partial charge in [-0.25, -0.2) is 15.0 Å². The van der Waals surface area contributed by atoms with E-state index in [-0.39, 0.29) is 17.0 Å². The van der Waals surface area contributed by atoms with Crippen molar-refractivity contribution in [2.24, 2.45) is 0 Å². The SMILES string of the molecule is CC(=O)Nc1ncnc2c1ncn2[C@]1(O)O[C@@H](COC(C)=O)[C@H](OC(C)=O)[C@@H]1OC(C)=O. The maximum Gasteiger partial charge on any atom is 0.303 e. The number of aromatic nitrogens is 4. The van der Waals surface area contributed by atoms with Crippen molar-refractivity contribution in [2.75, 3.05) is 11.9 Å². The van der Waals surface area contributed by atoms with Gasteiger partial charge in [0.1, 0.15) is 25.4 Å². The van der Waals surface area contributed by atoms with Crippen molar-refractivity contribution in [3.05, 3.63) is 12.7 Å². The minimum atomic E-state index is -2.47. The number of nitrogens with one attached hydrogen (secondary N) is 1. The lowest BCUT2D eigenvalue weighted by Crippen LogP contribution is -2.49. The molecular formula is C18H21N5O9. The summed E-state index contributed by atoms with van der Waals surface area (Å²) in [6, 6.07) is 0. The van der Waals surface area contributed by atoms with Gasteiger partial charge >= 0.3 is 17.9 Å². The predicted octanol–water partition coefficient (Wildman–Crippen LogP) is -0.787. The molecule has 0 unspecified atom stereocenters. The second-order valence-electron chi connectivity index (χ2n) is 6.91. The lowest BCUT2D eigenvalue weighted by atomic mass is 10.1. The monoisotopic (exact) mass is 451 g/mol. The molecule has 1 aliphatic heterocycles. The second kappa shape index (κ2) is 8.84. The number of rotatable bonds is 6. The molecule has 0 spiro atoms. The number of carbonyl (C=O) groups excluding carboxylic acids is 4. The zero-order valence-corrected chi connectivity index (χ0v) is 17.6. The maximum atomic E-state index is 11.8. The van der Waals surface area contributed by atoms with Crippen molar-refractivity contribution in [3.63, 3.8) is 0 Å². The zero-order valence-electron chi connectivity index (χ0n) is 17.6. The summed E-state index contributed by atoms with van der Waals surface area (Å²) in [7, 11) is 0. The second-order valence-corrected chi connectivity index (χ2v) is 6.91. The van der Waals surface area contributed by atoms with Gasteiger partial charge in [0, 0.05) is 27.7 Å². The van der Waals surface area contributed by atoms with Gasteiger partial charge in [0.15, 0.2) is 23.1 Å². The van der Waals surface area contributed by atoms with E-state index in [0.717, 1.165) is 38.0 Å². The molecule has 4 atom stereocenters. The zero-order chi connectivity index (χ0) is 23.6. The van der Waals surface area contributed by atoms with Crippen molar-refractivity contribution in [1.29, 1.82) is 0 Å². The number of fused-ring (bicyclic) bond motifs is 1. The molecule has 32 heavy (non-hydrogen) atoms. The Morgan fingerprint density at radius 1 is 1.09 bits per heavy atom. The number of imidazole rings is 1. The van der Waals surface area contributed by atoms with E-state index in [0.29, 0.717) is 0 Å². The first kappa shape index (κ1) is 23.0. The van der Waals surface area contributed by atoms with Gasteiger partial charge in [-0.2, -0.15) is 0 Å². The molecule has 3 rings (SSSR count). The number of carbonyl (C=O) groups is 4. The highest BCUT2D eigenvalue weighted by Gasteiger charge is 2.61. The average Bonchev–Trinajstić information content (AvgIpc) is 3.22. The summed E-state index contributed by atoms with van der Waals surface area (Å²) in [6.07, 6.45) is -1.88. The summed E-state index contributed by atoms with van der Waals surface area (Å²) in [6.45, 7) is 4.23. The van der Waals surface area contributed by atoms with Crippen LogP contribution in [0, 0.1) is 0 Å². The Labute approximate surface area is 180 Å². The fourth-order valence-electron chi connectivity index (χ4n) is 3.27. The molecule has 0 saturated carbocycles. The van der Waals surface area contributed by atoms with Crippen LogP contribution in [-0.2, 0) is 44.0 Å².